The van der Waals surface area contributed by atoms with Gasteiger partial charge >= 0.3 is 11.9 Å². The molecular weight excluding hydrogens is 773 g/mol. The Morgan fingerprint density at radius 2 is 0.983 bits per heavy atom. The first-order valence-corrected chi connectivity index (χ1v) is 22.3. The molecule has 0 unspecified atom stereocenters. The summed E-state index contributed by atoms with van der Waals surface area (Å²) in [6.07, 6.45) is 7.51. The van der Waals surface area contributed by atoms with E-state index in [0.717, 1.165) is 51.4 Å². The molecule has 0 bridgehead atoms. The second-order valence-electron chi connectivity index (χ2n) is 16.9. The van der Waals surface area contributed by atoms with E-state index in [9.17, 15) is 29.4 Å². The summed E-state index contributed by atoms with van der Waals surface area (Å²) in [5.74, 6) is -3.78. The molecule has 10 atom stereocenters. The normalized spacial score (nSPS) is 25.4. The molecule has 0 saturated heterocycles. The van der Waals surface area contributed by atoms with Gasteiger partial charge in [0.15, 0.2) is 11.9 Å². The van der Waals surface area contributed by atoms with E-state index in [-0.39, 0.29) is 72.3 Å². The summed E-state index contributed by atoms with van der Waals surface area (Å²) < 4.78 is 11.9. The van der Waals surface area contributed by atoms with Gasteiger partial charge in [0, 0.05) is 76.2 Å². The first-order valence-electron chi connectivity index (χ1n) is 22.3. The molecule has 60 heavy (non-hydrogen) atoms. The molecule has 18 heteroatoms. The van der Waals surface area contributed by atoms with E-state index in [0.29, 0.717) is 45.4 Å². The number of aliphatic imine (C=N–C) groups is 2. The number of rotatable bonds is 30. The van der Waals surface area contributed by atoms with E-state index < -0.39 is 47.9 Å². The number of aliphatic carboxylic acids is 2. The van der Waals surface area contributed by atoms with E-state index in [1.165, 1.54) is 13.8 Å². The van der Waals surface area contributed by atoms with Crippen molar-refractivity contribution in [1.82, 2.24) is 21.3 Å². The van der Waals surface area contributed by atoms with Crippen molar-refractivity contribution < 1.29 is 38.9 Å². The molecule has 0 radical (unpaired) electrons. The molecule has 18 nitrogen and oxygen atoms in total. The third-order valence-corrected chi connectivity index (χ3v) is 12.7. The summed E-state index contributed by atoms with van der Waals surface area (Å²) in [6, 6.07) is -2.41. The Kier molecular flexibility index (Phi) is 23.8. The van der Waals surface area contributed by atoms with Crippen molar-refractivity contribution in [1.29, 1.82) is 0 Å². The van der Waals surface area contributed by atoms with Gasteiger partial charge in [-0.1, -0.05) is 60.3 Å². The first kappa shape index (κ1) is 52.4. The van der Waals surface area contributed by atoms with Crippen molar-refractivity contribution in [3.63, 3.8) is 0 Å². The molecular formula is C42H80N10O8. The molecule has 0 spiro atoms. The van der Waals surface area contributed by atoms with Crippen LogP contribution in [0.4, 0.5) is 0 Å². The van der Waals surface area contributed by atoms with E-state index in [2.05, 4.69) is 65.9 Å². The molecule has 346 valence electrons. The predicted molar refractivity (Wildman–Crippen MR) is 234 cm³/mol. The molecule has 0 aliphatic heterocycles. The minimum Gasteiger partial charge on any atom is -0.481 e. The number of nitrogens with two attached hydrogens (primary N) is 4. The number of nitrogens with one attached hydrogen (secondary N) is 4. The minimum atomic E-state index is -0.926. The highest BCUT2D eigenvalue weighted by Crippen LogP contribution is 2.41. The number of carbonyl (C=O) groups is 4. The Labute approximate surface area is 358 Å². The van der Waals surface area contributed by atoms with Crippen LogP contribution >= 0.6 is 0 Å². The highest BCUT2D eigenvalue weighted by molar-refractivity contribution is 5.78. The van der Waals surface area contributed by atoms with Gasteiger partial charge in [0.25, 0.3) is 0 Å². The predicted octanol–water partition coefficient (Wildman–Crippen LogP) is 1.74. The van der Waals surface area contributed by atoms with Crippen LogP contribution in [-0.4, -0.2) is 122 Å². The molecule has 0 aromatic carbocycles. The lowest BCUT2D eigenvalue weighted by atomic mass is 9.79. The number of carboxylic acid groups (broad SMARTS) is 2. The zero-order chi connectivity index (χ0) is 44.9. The molecule has 0 aromatic heterocycles. The Bertz CT molecular complexity index is 1270. The number of hydrogen-bond acceptors (Lipinski definition) is 10. The van der Waals surface area contributed by atoms with Crippen LogP contribution in [0.5, 0.6) is 0 Å². The van der Waals surface area contributed by atoms with Gasteiger partial charge in [0.2, 0.25) is 11.8 Å². The lowest BCUT2D eigenvalue weighted by Gasteiger charge is -2.37. The Morgan fingerprint density at radius 3 is 1.27 bits per heavy atom. The van der Waals surface area contributed by atoms with Crippen LogP contribution in [-0.2, 0) is 28.7 Å². The van der Waals surface area contributed by atoms with Crippen LogP contribution in [0, 0.1) is 41.4 Å². The average molecular weight is 853 g/mol. The summed E-state index contributed by atoms with van der Waals surface area (Å²) >= 11 is 0. The lowest BCUT2D eigenvalue weighted by Crippen LogP contribution is -2.55. The van der Waals surface area contributed by atoms with Crippen LogP contribution in [0.2, 0.25) is 0 Å². The quantitative estimate of drug-likeness (QED) is 0.0280. The van der Waals surface area contributed by atoms with Crippen molar-refractivity contribution in [2.24, 2.45) is 74.3 Å². The highest BCUT2D eigenvalue weighted by Gasteiger charge is 2.52. The van der Waals surface area contributed by atoms with Crippen molar-refractivity contribution in [2.45, 2.75) is 149 Å². The second kappa shape index (κ2) is 27.3. The van der Waals surface area contributed by atoms with Gasteiger partial charge in [-0.2, -0.15) is 0 Å². The second-order valence-corrected chi connectivity index (χ2v) is 16.9. The zero-order valence-electron chi connectivity index (χ0n) is 37.4. The largest absolute Gasteiger partial charge is 0.481 e. The summed E-state index contributed by atoms with van der Waals surface area (Å²) in [4.78, 5) is 58.3. The SMILES string of the molecule is CCC(CC)[C@@H](NC(C)=O)[C@@H]1[C@H](NCCOCCCC(C)CCCOCCN[C@H]2[C@@H]([C@H](NC(C)=O)C(CC)CC)[C@H](N=C(N)N)C[C@@H]2C(=O)O)[C@@H](C(=O)O)C[C@H]1N=C(N)N. The lowest BCUT2D eigenvalue weighted by molar-refractivity contribution is -0.143. The summed E-state index contributed by atoms with van der Waals surface area (Å²) in [6.45, 7) is 16.3. The maximum absolute atomic E-state index is 12.4. The van der Waals surface area contributed by atoms with Crippen LogP contribution in [0.1, 0.15) is 113 Å². The summed E-state index contributed by atoms with van der Waals surface area (Å²) in [5.41, 5.74) is 23.1. The van der Waals surface area contributed by atoms with Gasteiger partial charge in [-0.15, -0.1) is 0 Å². The van der Waals surface area contributed by atoms with Gasteiger partial charge in [-0.25, -0.2) is 9.98 Å². The van der Waals surface area contributed by atoms with Gasteiger partial charge in [0.1, 0.15) is 0 Å². The van der Waals surface area contributed by atoms with Crippen LogP contribution in [0.15, 0.2) is 9.98 Å². The monoisotopic (exact) mass is 853 g/mol. The Morgan fingerprint density at radius 1 is 0.633 bits per heavy atom. The molecule has 2 saturated carbocycles. The molecule has 14 N–H and O–H groups in total. The minimum absolute atomic E-state index is 0.101. The fourth-order valence-electron chi connectivity index (χ4n) is 9.93. The smallest absolute Gasteiger partial charge is 0.308 e. The fourth-order valence-corrected chi connectivity index (χ4v) is 9.93. The number of carboxylic acids is 2. The molecule has 0 aromatic rings. The number of amides is 2. The molecule has 0 heterocycles. The summed E-state index contributed by atoms with van der Waals surface area (Å²) in [5, 5.41) is 33.4. The topological polar surface area (TPSA) is 304 Å². The van der Waals surface area contributed by atoms with E-state index in [1.807, 2.05) is 0 Å². The molecule has 2 aliphatic rings. The maximum atomic E-state index is 12.4. The van der Waals surface area contributed by atoms with Crippen molar-refractivity contribution in [2.75, 3.05) is 39.5 Å². The maximum Gasteiger partial charge on any atom is 0.308 e. The highest BCUT2D eigenvalue weighted by atomic mass is 16.5. The number of ether oxygens (including phenoxy) is 2. The molecule has 2 aliphatic carbocycles. The number of nitrogens with zero attached hydrogens (tertiary/aromatic N) is 2. The van der Waals surface area contributed by atoms with E-state index in [1.54, 1.807) is 0 Å². The van der Waals surface area contributed by atoms with Crippen molar-refractivity contribution in [3.8, 4) is 0 Å². The Hall–Kier alpha value is -3.74. The number of carbonyl (C=O) groups excluding carboxylic acids is 2. The van der Waals surface area contributed by atoms with Crippen LogP contribution < -0.4 is 44.2 Å². The molecule has 2 rings (SSSR count). The van der Waals surface area contributed by atoms with Crippen molar-refractivity contribution in [3.05, 3.63) is 0 Å². The molecule has 2 amide bonds. The van der Waals surface area contributed by atoms with Crippen LogP contribution in [0.25, 0.3) is 0 Å². The third-order valence-electron chi connectivity index (χ3n) is 12.7. The first-order chi connectivity index (χ1) is 28.5. The summed E-state index contributed by atoms with van der Waals surface area (Å²) in [7, 11) is 0. The van der Waals surface area contributed by atoms with Gasteiger partial charge in [0.05, 0.1) is 37.1 Å². The van der Waals surface area contributed by atoms with E-state index in [4.69, 9.17) is 32.4 Å². The van der Waals surface area contributed by atoms with E-state index >= 15 is 0 Å². The standard InChI is InChI=1S/C42H80N10O8/c1-8-27(9-2)35(49-25(6)53)33-31(51-41(43)44)22-29(39(55)56)37(33)47-16-20-59-18-12-14-24(5)15-13-19-60-21-17-48-38-30(40(57)58)23-32(52-42(45)46)34(38)36(50-26(7)54)28(10-3)11-4/h24,27-38,47-48H,8-23H2,1-7H3,(H,49,53)(H,50,54)(H,55,56)(H,57,58)(H4,43,44,51)(H4,45,46,52)/t29-,30-,31+,32+,33+,34+,35+,36+,37+,38+/m0/s1. The van der Waals surface area contributed by atoms with Gasteiger partial charge in [-0.3, -0.25) is 19.2 Å². The zero-order valence-corrected chi connectivity index (χ0v) is 37.4. The third kappa shape index (κ3) is 16.6. The number of hydrogen-bond donors (Lipinski definition) is 10. The number of guanidine groups is 2. The fraction of sp³-hybridized carbons (Fsp3) is 0.857. The van der Waals surface area contributed by atoms with Crippen molar-refractivity contribution >= 4 is 35.7 Å². The molecule has 2 fully saturated rings. The van der Waals surface area contributed by atoms with Gasteiger partial charge in [-0.05, 0) is 56.3 Å². The van der Waals surface area contributed by atoms with Gasteiger partial charge < -0.3 is 63.9 Å². The van der Waals surface area contributed by atoms with Crippen LogP contribution in [0.3, 0.4) is 0 Å². The Balaban J connectivity index is 1.83. The average Bonchev–Trinajstić information content (AvgIpc) is 3.70.